The van der Waals surface area contributed by atoms with Crippen LogP contribution in [-0.4, -0.2) is 31.7 Å². The number of urea groups is 1. The third-order valence-corrected chi connectivity index (χ3v) is 4.31. The Bertz CT molecular complexity index is 717. The standard InChI is InChI=1S/C19H22N2O3/c1-23-16-8-3-6-14(12-16)18-10-5-11-21(18)19(22)20-15-7-4-9-17(13-15)24-2/h3-4,6-9,12-13,18H,5,10-11H2,1-2H3,(H,20,22). The number of hydrogen-bond donors (Lipinski definition) is 1. The molecule has 0 bridgehead atoms. The molecule has 0 spiro atoms. The molecule has 24 heavy (non-hydrogen) atoms. The summed E-state index contributed by atoms with van der Waals surface area (Å²) >= 11 is 0. The van der Waals surface area contributed by atoms with E-state index in [9.17, 15) is 4.79 Å². The fourth-order valence-electron chi connectivity index (χ4n) is 3.10. The van der Waals surface area contributed by atoms with Gasteiger partial charge in [-0.15, -0.1) is 0 Å². The average molecular weight is 326 g/mol. The molecule has 2 aromatic carbocycles. The molecule has 1 heterocycles. The van der Waals surface area contributed by atoms with Crippen LogP contribution in [0.2, 0.25) is 0 Å². The number of amides is 2. The molecule has 1 unspecified atom stereocenters. The molecule has 0 aliphatic carbocycles. The van der Waals surface area contributed by atoms with Gasteiger partial charge in [0.25, 0.3) is 0 Å². The zero-order chi connectivity index (χ0) is 16.9. The second-order valence-electron chi connectivity index (χ2n) is 5.79. The largest absolute Gasteiger partial charge is 0.497 e. The summed E-state index contributed by atoms with van der Waals surface area (Å²) in [7, 11) is 3.27. The zero-order valence-electron chi connectivity index (χ0n) is 14.0. The summed E-state index contributed by atoms with van der Waals surface area (Å²) in [6, 6.07) is 15.3. The van der Waals surface area contributed by atoms with E-state index in [4.69, 9.17) is 9.47 Å². The maximum absolute atomic E-state index is 12.7. The van der Waals surface area contributed by atoms with E-state index >= 15 is 0 Å². The minimum Gasteiger partial charge on any atom is -0.497 e. The van der Waals surface area contributed by atoms with E-state index in [0.29, 0.717) is 0 Å². The Kier molecular flexibility index (Phi) is 4.89. The smallest absolute Gasteiger partial charge is 0.322 e. The van der Waals surface area contributed by atoms with Crippen LogP contribution in [0.25, 0.3) is 0 Å². The molecule has 1 saturated heterocycles. The van der Waals surface area contributed by atoms with Crippen LogP contribution in [0.4, 0.5) is 10.5 Å². The highest BCUT2D eigenvalue weighted by atomic mass is 16.5. The summed E-state index contributed by atoms with van der Waals surface area (Å²) in [5.41, 5.74) is 1.84. The van der Waals surface area contributed by atoms with Gasteiger partial charge in [0.15, 0.2) is 0 Å². The number of benzene rings is 2. The van der Waals surface area contributed by atoms with Crippen LogP contribution in [0.5, 0.6) is 11.5 Å². The van der Waals surface area contributed by atoms with E-state index < -0.39 is 0 Å². The van der Waals surface area contributed by atoms with E-state index in [2.05, 4.69) is 5.32 Å². The lowest BCUT2D eigenvalue weighted by atomic mass is 10.0. The lowest BCUT2D eigenvalue weighted by molar-refractivity contribution is 0.207. The van der Waals surface area contributed by atoms with Crippen molar-refractivity contribution < 1.29 is 14.3 Å². The maximum Gasteiger partial charge on any atom is 0.322 e. The van der Waals surface area contributed by atoms with E-state index in [1.54, 1.807) is 14.2 Å². The van der Waals surface area contributed by atoms with Crippen molar-refractivity contribution in [1.29, 1.82) is 0 Å². The number of anilines is 1. The topological polar surface area (TPSA) is 50.8 Å². The highest BCUT2D eigenvalue weighted by Gasteiger charge is 2.30. The van der Waals surface area contributed by atoms with E-state index in [1.165, 1.54) is 0 Å². The summed E-state index contributed by atoms with van der Waals surface area (Å²) in [5, 5.41) is 2.96. The van der Waals surface area contributed by atoms with Crippen molar-refractivity contribution in [2.45, 2.75) is 18.9 Å². The Labute approximate surface area is 142 Å². The summed E-state index contributed by atoms with van der Waals surface area (Å²) < 4.78 is 10.5. The molecular formula is C19H22N2O3. The molecule has 0 radical (unpaired) electrons. The van der Waals surface area contributed by atoms with Crippen molar-refractivity contribution in [3.63, 3.8) is 0 Å². The molecule has 2 aromatic rings. The maximum atomic E-state index is 12.7. The third kappa shape index (κ3) is 3.45. The van der Waals surface area contributed by atoms with Crippen molar-refractivity contribution >= 4 is 11.7 Å². The Balaban J connectivity index is 1.75. The molecule has 0 saturated carbocycles. The van der Waals surface area contributed by atoms with Gasteiger partial charge >= 0.3 is 6.03 Å². The van der Waals surface area contributed by atoms with Crippen LogP contribution in [0, 0.1) is 0 Å². The minimum absolute atomic E-state index is 0.0747. The summed E-state index contributed by atoms with van der Waals surface area (Å²) in [6.45, 7) is 0.748. The van der Waals surface area contributed by atoms with Gasteiger partial charge in [-0.05, 0) is 42.7 Å². The SMILES string of the molecule is COc1cccc(NC(=O)N2CCCC2c2cccc(OC)c2)c1. The molecule has 1 atom stereocenters. The predicted octanol–water partition coefficient (Wildman–Crippen LogP) is 4.07. The molecular weight excluding hydrogens is 304 g/mol. The number of carbonyl (C=O) groups excluding carboxylic acids is 1. The summed E-state index contributed by atoms with van der Waals surface area (Å²) in [6.07, 6.45) is 1.95. The van der Waals surface area contributed by atoms with Crippen molar-refractivity contribution in [3.8, 4) is 11.5 Å². The van der Waals surface area contributed by atoms with Crippen LogP contribution in [0.15, 0.2) is 48.5 Å². The minimum atomic E-state index is -0.0893. The molecule has 2 amide bonds. The number of rotatable bonds is 4. The lowest BCUT2D eigenvalue weighted by Crippen LogP contribution is -2.34. The zero-order valence-corrected chi connectivity index (χ0v) is 14.0. The second-order valence-corrected chi connectivity index (χ2v) is 5.79. The van der Waals surface area contributed by atoms with Gasteiger partial charge in [-0.25, -0.2) is 4.79 Å². The lowest BCUT2D eigenvalue weighted by Gasteiger charge is -2.25. The Morgan fingerprint density at radius 2 is 1.79 bits per heavy atom. The van der Waals surface area contributed by atoms with Gasteiger partial charge in [0.05, 0.1) is 20.3 Å². The van der Waals surface area contributed by atoms with E-state index in [0.717, 1.165) is 42.1 Å². The van der Waals surface area contributed by atoms with Gasteiger partial charge < -0.3 is 19.7 Å². The van der Waals surface area contributed by atoms with Crippen molar-refractivity contribution in [3.05, 3.63) is 54.1 Å². The first-order chi connectivity index (χ1) is 11.7. The van der Waals surface area contributed by atoms with Crippen LogP contribution in [-0.2, 0) is 0 Å². The van der Waals surface area contributed by atoms with E-state index in [1.807, 2.05) is 53.4 Å². The first-order valence-corrected chi connectivity index (χ1v) is 8.07. The normalized spacial score (nSPS) is 16.8. The van der Waals surface area contributed by atoms with Gasteiger partial charge in [-0.1, -0.05) is 18.2 Å². The molecule has 5 heteroatoms. The molecule has 1 N–H and O–H groups in total. The molecule has 1 aliphatic heterocycles. The fourth-order valence-corrected chi connectivity index (χ4v) is 3.10. The van der Waals surface area contributed by atoms with Gasteiger partial charge in [0, 0.05) is 18.3 Å². The highest BCUT2D eigenvalue weighted by Crippen LogP contribution is 2.34. The van der Waals surface area contributed by atoms with Gasteiger partial charge in [-0.3, -0.25) is 0 Å². The molecule has 5 nitrogen and oxygen atoms in total. The first-order valence-electron chi connectivity index (χ1n) is 8.07. The van der Waals surface area contributed by atoms with Gasteiger partial charge in [-0.2, -0.15) is 0 Å². The molecule has 3 rings (SSSR count). The van der Waals surface area contributed by atoms with Gasteiger partial charge in [0.2, 0.25) is 0 Å². The molecule has 0 aromatic heterocycles. The quantitative estimate of drug-likeness (QED) is 0.921. The van der Waals surface area contributed by atoms with Crippen LogP contribution < -0.4 is 14.8 Å². The Morgan fingerprint density at radius 1 is 1.08 bits per heavy atom. The predicted molar refractivity (Wildman–Crippen MR) is 93.7 cm³/mol. The van der Waals surface area contributed by atoms with Gasteiger partial charge in [0.1, 0.15) is 11.5 Å². The number of nitrogens with one attached hydrogen (secondary N) is 1. The third-order valence-electron chi connectivity index (χ3n) is 4.31. The highest BCUT2D eigenvalue weighted by molar-refractivity contribution is 5.90. The average Bonchev–Trinajstić information content (AvgIpc) is 3.12. The number of methoxy groups -OCH3 is 2. The van der Waals surface area contributed by atoms with Crippen LogP contribution in [0.3, 0.4) is 0 Å². The monoisotopic (exact) mass is 326 g/mol. The number of nitrogens with zero attached hydrogens (tertiary/aromatic N) is 1. The fraction of sp³-hybridized carbons (Fsp3) is 0.316. The first kappa shape index (κ1) is 16.2. The summed E-state index contributed by atoms with van der Waals surface area (Å²) in [4.78, 5) is 14.6. The van der Waals surface area contributed by atoms with Crippen molar-refractivity contribution in [2.24, 2.45) is 0 Å². The van der Waals surface area contributed by atoms with Crippen molar-refractivity contribution in [2.75, 3.05) is 26.1 Å². The number of hydrogen-bond acceptors (Lipinski definition) is 3. The Morgan fingerprint density at radius 3 is 2.54 bits per heavy atom. The van der Waals surface area contributed by atoms with Crippen LogP contribution >= 0.6 is 0 Å². The number of carbonyl (C=O) groups is 1. The Hall–Kier alpha value is -2.69. The summed E-state index contributed by atoms with van der Waals surface area (Å²) in [5.74, 6) is 1.53. The molecule has 126 valence electrons. The van der Waals surface area contributed by atoms with E-state index in [-0.39, 0.29) is 12.1 Å². The molecule has 1 fully saturated rings. The van der Waals surface area contributed by atoms with Crippen LogP contribution in [0.1, 0.15) is 24.4 Å². The molecule has 1 aliphatic rings. The second kappa shape index (κ2) is 7.25. The number of ether oxygens (including phenoxy) is 2. The van der Waals surface area contributed by atoms with Crippen molar-refractivity contribution in [1.82, 2.24) is 4.90 Å². The number of likely N-dealkylation sites (tertiary alicyclic amines) is 1.